The molecule has 2 heterocycles. The predicted molar refractivity (Wildman–Crippen MR) is 104 cm³/mol. The first-order valence-corrected chi connectivity index (χ1v) is 10.8. The summed E-state index contributed by atoms with van der Waals surface area (Å²) in [4.78, 5) is 21.0. The fraction of sp³-hybridized carbons (Fsp3) is 0.412. The molecular formula is C17H22N4O4S2. The first-order chi connectivity index (χ1) is 12.8. The van der Waals surface area contributed by atoms with E-state index in [0.717, 1.165) is 10.7 Å². The van der Waals surface area contributed by atoms with Crippen molar-refractivity contribution in [2.45, 2.75) is 25.7 Å². The number of hydrogen-bond donors (Lipinski definition) is 2. The van der Waals surface area contributed by atoms with E-state index in [1.54, 1.807) is 31.4 Å². The Hall–Kier alpha value is -2.01. The molecule has 146 valence electrons. The number of hydrazine groups is 1. The van der Waals surface area contributed by atoms with Gasteiger partial charge in [0.05, 0.1) is 18.1 Å². The Balaban J connectivity index is 1.69. The van der Waals surface area contributed by atoms with Crippen molar-refractivity contribution in [1.82, 2.24) is 15.2 Å². The van der Waals surface area contributed by atoms with Gasteiger partial charge in [-0.2, -0.15) is 0 Å². The van der Waals surface area contributed by atoms with Gasteiger partial charge >= 0.3 is 0 Å². The molecule has 2 aromatic rings. The van der Waals surface area contributed by atoms with E-state index in [4.69, 9.17) is 4.74 Å². The molecule has 1 aromatic heterocycles. The molecule has 0 saturated carbocycles. The normalized spacial score (nSPS) is 15.0. The third-order valence-electron chi connectivity index (χ3n) is 4.18. The van der Waals surface area contributed by atoms with Gasteiger partial charge in [-0.1, -0.05) is 17.7 Å². The highest BCUT2D eigenvalue weighted by Gasteiger charge is 2.22. The summed E-state index contributed by atoms with van der Waals surface area (Å²) in [6.07, 6.45) is 0. The number of hydrogen-bond acceptors (Lipinski definition) is 7. The average molecular weight is 411 g/mol. The van der Waals surface area contributed by atoms with E-state index in [0.29, 0.717) is 37.4 Å². The van der Waals surface area contributed by atoms with Crippen molar-refractivity contribution in [3.8, 4) is 0 Å². The van der Waals surface area contributed by atoms with Crippen LogP contribution in [0.1, 0.15) is 27.2 Å². The second-order valence-electron chi connectivity index (χ2n) is 6.40. The molecule has 1 aliphatic heterocycles. The third-order valence-corrected chi connectivity index (χ3v) is 6.63. The van der Waals surface area contributed by atoms with Crippen LogP contribution in [-0.4, -0.2) is 45.6 Å². The summed E-state index contributed by atoms with van der Waals surface area (Å²) < 4.78 is 30.5. The number of nitrogens with zero attached hydrogens (tertiary/aromatic N) is 2. The average Bonchev–Trinajstić information content (AvgIpc) is 3.09. The van der Waals surface area contributed by atoms with Crippen LogP contribution in [0.3, 0.4) is 0 Å². The molecule has 1 fully saturated rings. The highest BCUT2D eigenvalue weighted by molar-refractivity contribution is 7.89. The first-order valence-electron chi connectivity index (χ1n) is 8.46. The SMILES string of the molecule is Cc1cc(C)c(S(=O)(=O)NNC(=O)c2csc(N3CCOCC3)n2)c(C)c1. The maximum atomic E-state index is 12.6. The lowest BCUT2D eigenvalue weighted by Crippen LogP contribution is -2.42. The van der Waals surface area contributed by atoms with Gasteiger partial charge in [0.2, 0.25) is 0 Å². The maximum Gasteiger partial charge on any atom is 0.285 e. The Morgan fingerprint density at radius 2 is 1.81 bits per heavy atom. The Labute approximate surface area is 162 Å². The lowest BCUT2D eigenvalue weighted by atomic mass is 10.1. The van der Waals surface area contributed by atoms with Gasteiger partial charge in [-0.25, -0.2) is 13.4 Å². The Morgan fingerprint density at radius 1 is 1.19 bits per heavy atom. The molecule has 8 nitrogen and oxygen atoms in total. The second-order valence-corrected chi connectivity index (χ2v) is 8.86. The highest BCUT2D eigenvalue weighted by atomic mass is 32.2. The van der Waals surface area contributed by atoms with Crippen LogP contribution in [0.4, 0.5) is 5.13 Å². The minimum Gasteiger partial charge on any atom is -0.378 e. The number of carbonyl (C=O) groups is 1. The molecule has 0 radical (unpaired) electrons. The number of sulfonamides is 1. The van der Waals surface area contributed by atoms with Crippen molar-refractivity contribution < 1.29 is 17.9 Å². The van der Waals surface area contributed by atoms with Crippen LogP contribution in [0.5, 0.6) is 0 Å². The number of amides is 1. The number of thiazole rings is 1. The molecule has 2 N–H and O–H groups in total. The van der Waals surface area contributed by atoms with E-state index >= 15 is 0 Å². The van der Waals surface area contributed by atoms with Gasteiger partial charge in [0.25, 0.3) is 15.9 Å². The Morgan fingerprint density at radius 3 is 2.44 bits per heavy atom. The minimum atomic E-state index is -3.89. The van der Waals surface area contributed by atoms with Gasteiger partial charge in [0.1, 0.15) is 5.69 Å². The number of morpholine rings is 1. The topological polar surface area (TPSA) is 101 Å². The number of aromatic nitrogens is 1. The summed E-state index contributed by atoms with van der Waals surface area (Å²) in [6.45, 7) is 8.03. The first kappa shape index (κ1) is 19.7. The van der Waals surface area contributed by atoms with Crippen molar-refractivity contribution in [3.63, 3.8) is 0 Å². The second kappa shape index (κ2) is 7.93. The summed E-state index contributed by atoms with van der Waals surface area (Å²) in [6, 6.07) is 3.58. The molecule has 0 bridgehead atoms. The van der Waals surface area contributed by atoms with Gasteiger partial charge in [-0.15, -0.1) is 16.2 Å². The molecule has 10 heteroatoms. The summed E-state index contributed by atoms with van der Waals surface area (Å²) >= 11 is 1.34. The van der Waals surface area contributed by atoms with Crippen LogP contribution >= 0.6 is 11.3 Å². The maximum absolute atomic E-state index is 12.6. The molecule has 3 rings (SSSR count). The molecule has 1 aromatic carbocycles. The molecule has 1 aliphatic rings. The van der Waals surface area contributed by atoms with E-state index in [1.807, 2.05) is 11.8 Å². The largest absolute Gasteiger partial charge is 0.378 e. The Bertz CT molecular complexity index is 927. The van der Waals surface area contributed by atoms with Gasteiger partial charge < -0.3 is 9.64 Å². The van der Waals surface area contributed by atoms with Crippen LogP contribution in [0.15, 0.2) is 22.4 Å². The van der Waals surface area contributed by atoms with Crippen LogP contribution in [0.25, 0.3) is 0 Å². The van der Waals surface area contributed by atoms with Gasteiger partial charge in [-0.3, -0.25) is 10.2 Å². The van der Waals surface area contributed by atoms with E-state index in [2.05, 4.69) is 15.2 Å². The van der Waals surface area contributed by atoms with Crippen LogP contribution in [0, 0.1) is 20.8 Å². The number of ether oxygens (including phenoxy) is 1. The standard InChI is InChI=1S/C17H22N4O4S2/c1-11-8-12(2)15(13(3)9-11)27(23,24)20-19-16(22)14-10-26-17(18-14)21-4-6-25-7-5-21/h8-10,20H,4-7H2,1-3H3,(H,19,22). The van der Waals surface area contributed by atoms with Crippen LogP contribution < -0.4 is 15.2 Å². The van der Waals surface area contributed by atoms with E-state index in [9.17, 15) is 13.2 Å². The van der Waals surface area contributed by atoms with Crippen molar-refractivity contribution in [2.75, 3.05) is 31.2 Å². The van der Waals surface area contributed by atoms with Gasteiger partial charge in [0, 0.05) is 18.5 Å². The van der Waals surface area contributed by atoms with Crippen molar-refractivity contribution in [3.05, 3.63) is 39.9 Å². The zero-order valence-electron chi connectivity index (χ0n) is 15.4. The van der Waals surface area contributed by atoms with Crippen molar-refractivity contribution in [1.29, 1.82) is 0 Å². The van der Waals surface area contributed by atoms with E-state index in [-0.39, 0.29) is 10.6 Å². The zero-order chi connectivity index (χ0) is 19.6. The summed E-state index contributed by atoms with van der Waals surface area (Å²) in [5, 5.41) is 2.33. The fourth-order valence-corrected chi connectivity index (χ4v) is 5.24. The molecule has 0 atom stereocenters. The number of carbonyl (C=O) groups excluding carboxylic acids is 1. The highest BCUT2D eigenvalue weighted by Crippen LogP contribution is 2.22. The van der Waals surface area contributed by atoms with E-state index < -0.39 is 15.9 Å². The minimum absolute atomic E-state index is 0.167. The van der Waals surface area contributed by atoms with Gasteiger partial charge in [0.15, 0.2) is 5.13 Å². The number of aryl methyl sites for hydroxylation is 3. The smallest absolute Gasteiger partial charge is 0.285 e. The van der Waals surface area contributed by atoms with Crippen molar-refractivity contribution >= 4 is 32.4 Å². The predicted octanol–water partition coefficient (Wildman–Crippen LogP) is 1.53. The molecule has 1 saturated heterocycles. The lowest BCUT2D eigenvalue weighted by molar-refractivity contribution is 0.0940. The lowest BCUT2D eigenvalue weighted by Gasteiger charge is -2.25. The zero-order valence-corrected chi connectivity index (χ0v) is 17.0. The molecule has 0 aliphatic carbocycles. The molecule has 0 unspecified atom stereocenters. The fourth-order valence-electron chi connectivity index (χ4n) is 3.09. The number of nitrogens with one attached hydrogen (secondary N) is 2. The molecule has 27 heavy (non-hydrogen) atoms. The molecule has 1 amide bonds. The number of anilines is 1. The number of rotatable bonds is 5. The summed E-state index contributed by atoms with van der Waals surface area (Å²) in [5.74, 6) is -0.600. The summed E-state index contributed by atoms with van der Waals surface area (Å²) in [7, 11) is -3.89. The number of benzene rings is 1. The van der Waals surface area contributed by atoms with Gasteiger partial charge in [-0.05, 0) is 31.9 Å². The third kappa shape index (κ3) is 4.46. The molecule has 0 spiro atoms. The summed E-state index contributed by atoms with van der Waals surface area (Å²) in [5.41, 5.74) is 4.64. The van der Waals surface area contributed by atoms with Crippen LogP contribution in [0.2, 0.25) is 0 Å². The Kier molecular flexibility index (Phi) is 5.80. The monoisotopic (exact) mass is 410 g/mol. The molecular weight excluding hydrogens is 388 g/mol. The van der Waals surface area contributed by atoms with Crippen LogP contribution in [-0.2, 0) is 14.8 Å². The van der Waals surface area contributed by atoms with Crippen molar-refractivity contribution in [2.24, 2.45) is 0 Å². The quantitative estimate of drug-likeness (QED) is 0.725. The van der Waals surface area contributed by atoms with E-state index in [1.165, 1.54) is 11.3 Å².